The summed E-state index contributed by atoms with van der Waals surface area (Å²) < 4.78 is 50.7. The summed E-state index contributed by atoms with van der Waals surface area (Å²) in [5.74, 6) is 0. The summed E-state index contributed by atoms with van der Waals surface area (Å²) in [4.78, 5) is 0. The van der Waals surface area contributed by atoms with Gasteiger partial charge < -0.3 is 4.74 Å². The minimum Gasteiger partial charge on any atom is -0.374 e. The van der Waals surface area contributed by atoms with Gasteiger partial charge in [-0.05, 0) is 6.92 Å². The molecule has 0 aliphatic carbocycles. The summed E-state index contributed by atoms with van der Waals surface area (Å²) in [6, 6.07) is 2.97. The fraction of sp³-hybridized carbons (Fsp3) is 0.778. The molecule has 102 valence electrons. The Morgan fingerprint density at radius 1 is 1.00 bits per heavy atom. The van der Waals surface area contributed by atoms with Crippen molar-refractivity contribution in [2.75, 3.05) is 19.1 Å². The predicted molar refractivity (Wildman–Crippen MR) is 63.9 cm³/mol. The van der Waals surface area contributed by atoms with Crippen molar-refractivity contribution < 1.29 is 21.6 Å². The molecule has 0 radical (unpaired) electrons. The van der Waals surface area contributed by atoms with Gasteiger partial charge in [0.05, 0.1) is 12.1 Å². The van der Waals surface area contributed by atoms with E-state index in [0.717, 1.165) is 12.5 Å². The molecule has 0 N–H and O–H groups in total. The third kappa shape index (κ3) is 4.26. The zero-order valence-electron chi connectivity index (χ0n) is 10.2. The molecule has 7 nitrogen and oxygen atoms in total. The van der Waals surface area contributed by atoms with Gasteiger partial charge in [0.1, 0.15) is 6.10 Å². The lowest BCUT2D eigenvalue weighted by Gasteiger charge is -2.23. The van der Waals surface area contributed by atoms with Crippen LogP contribution in [-0.2, 0) is 24.4 Å². The molecule has 0 aromatic carbocycles. The highest BCUT2D eigenvalue weighted by molar-refractivity contribution is 7.92. The van der Waals surface area contributed by atoms with E-state index in [4.69, 9.17) is 15.3 Å². The molecule has 0 heterocycles. The van der Waals surface area contributed by atoms with Crippen molar-refractivity contribution in [3.63, 3.8) is 0 Å². The van der Waals surface area contributed by atoms with Gasteiger partial charge in [0.25, 0.3) is 0 Å². The van der Waals surface area contributed by atoms with Crippen molar-refractivity contribution in [2.45, 2.75) is 23.5 Å². The minimum absolute atomic E-state index is 0.00787. The maximum Gasteiger partial charge on any atom is 0.176 e. The average Bonchev–Trinajstić information content (AvgIpc) is 2.15. The van der Waals surface area contributed by atoms with Gasteiger partial charge in [0.15, 0.2) is 30.2 Å². The van der Waals surface area contributed by atoms with Crippen molar-refractivity contribution in [3.8, 4) is 12.1 Å². The van der Waals surface area contributed by atoms with E-state index in [9.17, 15) is 16.8 Å². The van der Waals surface area contributed by atoms with Gasteiger partial charge in [0, 0.05) is 19.1 Å². The van der Waals surface area contributed by atoms with E-state index in [0.29, 0.717) is 0 Å². The second-order valence-electron chi connectivity index (χ2n) is 3.68. The summed E-state index contributed by atoms with van der Waals surface area (Å²) in [7, 11) is -7.71. The summed E-state index contributed by atoms with van der Waals surface area (Å²) in [6.07, 6.45) is 0.0720. The molecular formula is C9H14N2O5S2. The molecule has 0 aromatic rings. The van der Waals surface area contributed by atoms with Crippen LogP contribution in [0.15, 0.2) is 0 Å². The zero-order valence-corrected chi connectivity index (χ0v) is 11.8. The molecule has 0 rings (SSSR count). The normalized spacial score (nSPS) is 17.2. The highest BCUT2D eigenvalue weighted by Crippen LogP contribution is 2.17. The van der Waals surface area contributed by atoms with Crippen LogP contribution in [0.25, 0.3) is 0 Å². The van der Waals surface area contributed by atoms with E-state index >= 15 is 0 Å². The van der Waals surface area contributed by atoms with E-state index in [-0.39, 0.29) is 6.61 Å². The number of sulfone groups is 2. The number of hydrogen-bond donors (Lipinski definition) is 0. The maximum absolute atomic E-state index is 11.4. The van der Waals surface area contributed by atoms with Gasteiger partial charge in [-0.15, -0.1) is 0 Å². The third-order valence-corrected chi connectivity index (χ3v) is 4.73. The molecule has 0 aromatic heterocycles. The first-order valence-corrected chi connectivity index (χ1v) is 8.79. The Morgan fingerprint density at radius 3 is 1.50 bits per heavy atom. The fourth-order valence-electron chi connectivity index (χ4n) is 1.35. The molecule has 0 amide bonds. The molecule has 0 fully saturated rings. The monoisotopic (exact) mass is 294 g/mol. The van der Waals surface area contributed by atoms with Crippen LogP contribution >= 0.6 is 0 Å². The van der Waals surface area contributed by atoms with Gasteiger partial charge in [0.2, 0.25) is 0 Å². The fourth-order valence-corrected chi connectivity index (χ4v) is 3.28. The maximum atomic E-state index is 11.4. The molecule has 2 unspecified atom stereocenters. The first kappa shape index (κ1) is 16.8. The largest absolute Gasteiger partial charge is 0.374 e. The van der Waals surface area contributed by atoms with E-state index in [2.05, 4.69) is 0 Å². The number of nitrogens with zero attached hydrogens (tertiary/aromatic N) is 2. The van der Waals surface area contributed by atoms with Crippen molar-refractivity contribution >= 4 is 19.7 Å². The van der Waals surface area contributed by atoms with Crippen molar-refractivity contribution in [1.29, 1.82) is 10.5 Å². The quantitative estimate of drug-likeness (QED) is 0.631. The van der Waals surface area contributed by atoms with Gasteiger partial charge in [-0.2, -0.15) is 10.5 Å². The molecule has 18 heavy (non-hydrogen) atoms. The Labute approximate surface area is 107 Å². The molecular weight excluding hydrogens is 280 g/mol. The Balaban J connectivity index is 5.73. The molecule has 0 saturated heterocycles. The van der Waals surface area contributed by atoms with Crippen LogP contribution in [0.2, 0.25) is 0 Å². The summed E-state index contributed by atoms with van der Waals surface area (Å²) in [6.45, 7) is 1.51. The van der Waals surface area contributed by atoms with Crippen molar-refractivity contribution in [3.05, 3.63) is 0 Å². The van der Waals surface area contributed by atoms with Gasteiger partial charge >= 0.3 is 0 Å². The number of ether oxygens (including phenoxy) is 1. The Bertz CT molecular complexity index is 517. The molecule has 0 aliphatic heterocycles. The average molecular weight is 294 g/mol. The molecule has 0 saturated carbocycles. The number of hydrogen-bond acceptors (Lipinski definition) is 7. The molecule has 0 spiro atoms. The molecule has 2 atom stereocenters. The topological polar surface area (TPSA) is 125 Å². The van der Waals surface area contributed by atoms with E-state index < -0.39 is 36.3 Å². The number of nitriles is 2. The van der Waals surface area contributed by atoms with Crippen LogP contribution in [0.1, 0.15) is 6.92 Å². The minimum atomic E-state index is -3.85. The molecule has 0 bridgehead atoms. The van der Waals surface area contributed by atoms with E-state index in [1.54, 1.807) is 0 Å². The lowest BCUT2D eigenvalue weighted by molar-refractivity contribution is 0.0736. The van der Waals surface area contributed by atoms with E-state index in [1.165, 1.54) is 19.1 Å². The van der Waals surface area contributed by atoms with Crippen LogP contribution in [0.5, 0.6) is 0 Å². The molecule has 9 heteroatoms. The number of rotatable bonds is 6. The lowest BCUT2D eigenvalue weighted by Crippen LogP contribution is -2.45. The highest BCUT2D eigenvalue weighted by Gasteiger charge is 2.42. The van der Waals surface area contributed by atoms with Gasteiger partial charge in [-0.3, -0.25) is 0 Å². The second-order valence-corrected chi connectivity index (χ2v) is 8.01. The summed E-state index contributed by atoms with van der Waals surface area (Å²) in [5.41, 5.74) is 0. The Hall–Kier alpha value is -1.16. The Morgan fingerprint density at radius 2 is 1.33 bits per heavy atom. The smallest absolute Gasteiger partial charge is 0.176 e. The lowest BCUT2D eigenvalue weighted by atomic mass is 10.2. The standard InChI is InChI=1S/C9H14N2O5S2/c1-4-16-9(7(5-10)17(2,12)13)8(6-11)18(3,14)15/h7-9H,4H2,1-3H3. The predicted octanol–water partition coefficient (Wildman–Crippen LogP) is -0.735. The first-order valence-electron chi connectivity index (χ1n) is 4.88. The Kier molecular flexibility index (Phi) is 5.74. The van der Waals surface area contributed by atoms with Crippen molar-refractivity contribution in [2.24, 2.45) is 0 Å². The summed E-state index contributed by atoms with van der Waals surface area (Å²) >= 11 is 0. The van der Waals surface area contributed by atoms with Gasteiger partial charge in [-0.25, -0.2) is 16.8 Å². The van der Waals surface area contributed by atoms with E-state index in [1.807, 2.05) is 0 Å². The van der Waals surface area contributed by atoms with Crippen LogP contribution in [0, 0.1) is 22.7 Å². The SMILES string of the molecule is CCOC(C(C#N)S(C)(=O)=O)C(C#N)S(C)(=O)=O. The summed E-state index contributed by atoms with van der Waals surface area (Å²) in [5, 5.41) is 14.3. The highest BCUT2D eigenvalue weighted by atomic mass is 32.2. The van der Waals surface area contributed by atoms with Crippen LogP contribution in [0.4, 0.5) is 0 Å². The second kappa shape index (κ2) is 6.14. The third-order valence-electron chi connectivity index (χ3n) is 2.13. The van der Waals surface area contributed by atoms with Crippen LogP contribution in [0.3, 0.4) is 0 Å². The van der Waals surface area contributed by atoms with Crippen LogP contribution < -0.4 is 0 Å². The first-order chi connectivity index (χ1) is 8.09. The van der Waals surface area contributed by atoms with Gasteiger partial charge in [-0.1, -0.05) is 0 Å². The van der Waals surface area contributed by atoms with Crippen molar-refractivity contribution in [1.82, 2.24) is 0 Å². The van der Waals surface area contributed by atoms with Crippen LogP contribution in [-0.4, -0.2) is 52.6 Å². The molecule has 0 aliphatic rings. The zero-order chi connectivity index (χ0) is 14.6.